The van der Waals surface area contributed by atoms with E-state index in [-0.39, 0.29) is 35.4 Å². The third kappa shape index (κ3) is 8.15. The van der Waals surface area contributed by atoms with Crippen LogP contribution in [0.4, 0.5) is 5.69 Å². The number of ether oxygens (including phenoxy) is 1. The molecule has 0 bridgehead atoms. The molecule has 0 fully saturated rings. The Balaban J connectivity index is 2.08. The molecule has 0 unspecified atom stereocenters. The lowest BCUT2D eigenvalue weighted by Crippen LogP contribution is -2.52. The van der Waals surface area contributed by atoms with Crippen molar-refractivity contribution in [1.82, 2.24) is 10.2 Å². The number of anilines is 1. The zero-order valence-corrected chi connectivity index (χ0v) is 25.8. The van der Waals surface area contributed by atoms with Gasteiger partial charge < -0.3 is 15.0 Å². The van der Waals surface area contributed by atoms with Gasteiger partial charge in [-0.2, -0.15) is 0 Å². The molecule has 8 nitrogen and oxygen atoms in total. The van der Waals surface area contributed by atoms with E-state index in [9.17, 15) is 18.0 Å². The molecule has 3 aromatic rings. The summed E-state index contributed by atoms with van der Waals surface area (Å²) in [5, 5.41) is 3.55. The minimum atomic E-state index is -4.17. The van der Waals surface area contributed by atoms with Crippen molar-refractivity contribution in [3.63, 3.8) is 0 Å². The summed E-state index contributed by atoms with van der Waals surface area (Å²) >= 11 is 12.9. The number of hydrogen-bond donors (Lipinski definition) is 1. The third-order valence-corrected chi connectivity index (χ3v) is 8.93. The van der Waals surface area contributed by atoms with Crippen molar-refractivity contribution in [2.24, 2.45) is 5.92 Å². The van der Waals surface area contributed by atoms with Gasteiger partial charge in [0.05, 0.1) is 17.7 Å². The molecule has 11 heteroatoms. The van der Waals surface area contributed by atoms with Crippen LogP contribution >= 0.6 is 23.2 Å². The van der Waals surface area contributed by atoms with Crippen LogP contribution in [-0.4, -0.2) is 51.4 Å². The van der Waals surface area contributed by atoms with Gasteiger partial charge in [0.25, 0.3) is 10.0 Å². The zero-order valence-electron chi connectivity index (χ0n) is 23.5. The van der Waals surface area contributed by atoms with Crippen LogP contribution in [0.5, 0.6) is 5.75 Å². The van der Waals surface area contributed by atoms with E-state index >= 15 is 0 Å². The van der Waals surface area contributed by atoms with Crippen molar-refractivity contribution in [3.05, 3.63) is 88.4 Å². The maximum absolute atomic E-state index is 14.1. The average Bonchev–Trinajstić information content (AvgIpc) is 2.96. The molecule has 0 aliphatic heterocycles. The molecule has 0 radical (unpaired) electrons. The van der Waals surface area contributed by atoms with Crippen molar-refractivity contribution in [3.8, 4) is 5.75 Å². The topological polar surface area (TPSA) is 96.0 Å². The summed E-state index contributed by atoms with van der Waals surface area (Å²) in [6.45, 7) is 5.48. The van der Waals surface area contributed by atoms with Crippen LogP contribution in [0.1, 0.15) is 32.8 Å². The van der Waals surface area contributed by atoms with E-state index in [1.54, 1.807) is 67.6 Å². The van der Waals surface area contributed by atoms with Crippen molar-refractivity contribution in [1.29, 1.82) is 0 Å². The molecule has 3 aromatic carbocycles. The van der Waals surface area contributed by atoms with Crippen LogP contribution in [0.25, 0.3) is 0 Å². The van der Waals surface area contributed by atoms with E-state index < -0.39 is 28.5 Å². The molecular formula is C30H35Cl2N3O5S. The fourth-order valence-electron chi connectivity index (χ4n) is 4.19. The van der Waals surface area contributed by atoms with Gasteiger partial charge in [0.2, 0.25) is 11.8 Å². The summed E-state index contributed by atoms with van der Waals surface area (Å²) < 4.78 is 34.0. The fourth-order valence-corrected chi connectivity index (χ4v) is 6.14. The maximum atomic E-state index is 14.1. The number of halogens is 2. The standard InChI is InChI=1S/C30H35Cl2N3O5S/c1-5-28(30(37)33-18-21(2)3)34(19-25-26(31)12-9-13-27(25)32)29(36)20-35(22-14-16-23(40-4)17-15-22)41(38,39)24-10-7-6-8-11-24/h6-17,21,28H,5,18-20H2,1-4H3,(H,33,37)/t28-/m1/s1. The molecule has 0 spiro atoms. The van der Waals surface area contributed by atoms with Crippen LogP contribution in [0.15, 0.2) is 77.7 Å². The SMILES string of the molecule is CC[C@H](C(=O)NCC(C)C)N(Cc1c(Cl)cccc1Cl)C(=O)CN(c1ccc(OC)cc1)S(=O)(=O)c1ccccc1. The van der Waals surface area contributed by atoms with Crippen molar-refractivity contribution in [2.75, 3.05) is 24.5 Å². The lowest BCUT2D eigenvalue weighted by Gasteiger charge is -2.33. The molecule has 0 saturated carbocycles. The first-order chi connectivity index (χ1) is 19.5. The number of carbonyl (C=O) groups excluding carboxylic acids is 2. The summed E-state index contributed by atoms with van der Waals surface area (Å²) in [5.74, 6) is -0.220. The van der Waals surface area contributed by atoms with Gasteiger partial charge in [-0.05, 0) is 60.9 Å². The number of carbonyl (C=O) groups is 2. The quantitative estimate of drug-likeness (QED) is 0.262. The summed E-state index contributed by atoms with van der Waals surface area (Å²) in [7, 11) is -2.67. The highest BCUT2D eigenvalue weighted by molar-refractivity contribution is 7.92. The molecule has 0 aromatic heterocycles. The third-order valence-electron chi connectivity index (χ3n) is 6.43. The van der Waals surface area contributed by atoms with Crippen LogP contribution in [-0.2, 0) is 26.2 Å². The number of rotatable bonds is 13. The van der Waals surface area contributed by atoms with E-state index in [1.165, 1.54) is 24.1 Å². The first-order valence-electron chi connectivity index (χ1n) is 13.2. The number of amides is 2. The van der Waals surface area contributed by atoms with E-state index in [4.69, 9.17) is 27.9 Å². The number of nitrogens with zero attached hydrogens (tertiary/aromatic N) is 2. The predicted octanol–water partition coefficient (Wildman–Crippen LogP) is 5.78. The smallest absolute Gasteiger partial charge is 0.264 e. The van der Waals surface area contributed by atoms with Crippen LogP contribution in [0.3, 0.4) is 0 Å². The number of benzene rings is 3. The molecular weight excluding hydrogens is 585 g/mol. The molecule has 0 aliphatic carbocycles. The van der Waals surface area contributed by atoms with Gasteiger partial charge in [0.15, 0.2) is 0 Å². The second kappa shape index (κ2) is 14.6. The van der Waals surface area contributed by atoms with Crippen LogP contribution < -0.4 is 14.4 Å². The van der Waals surface area contributed by atoms with Crippen molar-refractivity contribution in [2.45, 2.75) is 44.7 Å². The van der Waals surface area contributed by atoms with Crippen molar-refractivity contribution < 1.29 is 22.7 Å². The van der Waals surface area contributed by atoms with E-state index in [1.807, 2.05) is 13.8 Å². The Morgan fingerprint density at radius 1 is 0.927 bits per heavy atom. The summed E-state index contributed by atoms with van der Waals surface area (Å²) in [6.07, 6.45) is 0.283. The lowest BCUT2D eigenvalue weighted by molar-refractivity contribution is -0.140. The first kappa shape index (κ1) is 32.2. The molecule has 3 rings (SSSR count). The minimum Gasteiger partial charge on any atom is -0.497 e. The Kier molecular flexibility index (Phi) is 11.5. The summed E-state index contributed by atoms with van der Waals surface area (Å²) in [5.41, 5.74) is 0.720. The number of methoxy groups -OCH3 is 1. The Labute approximate surface area is 252 Å². The molecule has 220 valence electrons. The van der Waals surface area contributed by atoms with Crippen molar-refractivity contribution >= 4 is 50.7 Å². The zero-order chi connectivity index (χ0) is 30.2. The maximum Gasteiger partial charge on any atom is 0.264 e. The highest BCUT2D eigenvalue weighted by atomic mass is 35.5. The molecule has 1 atom stereocenters. The van der Waals surface area contributed by atoms with Crippen LogP contribution in [0.2, 0.25) is 10.0 Å². The summed E-state index contributed by atoms with van der Waals surface area (Å²) in [6, 6.07) is 18.3. The lowest BCUT2D eigenvalue weighted by atomic mass is 10.1. The van der Waals surface area contributed by atoms with Gasteiger partial charge in [-0.1, -0.05) is 68.2 Å². The normalized spacial score (nSPS) is 12.1. The highest BCUT2D eigenvalue weighted by Crippen LogP contribution is 2.29. The van der Waals surface area contributed by atoms with Gasteiger partial charge in [-0.3, -0.25) is 13.9 Å². The van der Waals surface area contributed by atoms with E-state index in [0.717, 1.165) is 4.31 Å². The summed E-state index contributed by atoms with van der Waals surface area (Å²) in [4.78, 5) is 28.8. The van der Waals surface area contributed by atoms with Crippen LogP contribution in [0, 0.1) is 5.92 Å². The first-order valence-corrected chi connectivity index (χ1v) is 15.4. The predicted molar refractivity (Wildman–Crippen MR) is 163 cm³/mol. The number of nitrogens with one attached hydrogen (secondary N) is 1. The molecule has 0 saturated heterocycles. The van der Waals surface area contributed by atoms with E-state index in [2.05, 4.69) is 5.32 Å². The minimum absolute atomic E-state index is 0.0195. The Hall–Kier alpha value is -3.27. The number of sulfonamides is 1. The average molecular weight is 621 g/mol. The Morgan fingerprint density at radius 3 is 2.07 bits per heavy atom. The molecule has 1 N–H and O–H groups in total. The van der Waals surface area contributed by atoms with Gasteiger partial charge in [-0.25, -0.2) is 8.42 Å². The molecule has 41 heavy (non-hydrogen) atoms. The fraction of sp³-hybridized carbons (Fsp3) is 0.333. The number of hydrogen-bond acceptors (Lipinski definition) is 5. The van der Waals surface area contributed by atoms with Gasteiger partial charge in [-0.15, -0.1) is 0 Å². The molecule has 0 aliphatic rings. The largest absolute Gasteiger partial charge is 0.497 e. The molecule has 2 amide bonds. The monoisotopic (exact) mass is 619 g/mol. The Bertz CT molecular complexity index is 1410. The van der Waals surface area contributed by atoms with Gasteiger partial charge >= 0.3 is 0 Å². The highest BCUT2D eigenvalue weighted by Gasteiger charge is 2.34. The van der Waals surface area contributed by atoms with Gasteiger partial charge in [0, 0.05) is 28.7 Å². The second-order valence-corrected chi connectivity index (χ2v) is 12.5. The molecule has 0 heterocycles. The Morgan fingerprint density at radius 2 is 1.54 bits per heavy atom. The van der Waals surface area contributed by atoms with E-state index in [0.29, 0.717) is 27.9 Å². The van der Waals surface area contributed by atoms with Gasteiger partial charge in [0.1, 0.15) is 18.3 Å². The second-order valence-electron chi connectivity index (χ2n) is 9.81.